The first-order valence-electron chi connectivity index (χ1n) is 8.24. The van der Waals surface area contributed by atoms with Crippen LogP contribution < -0.4 is 10.6 Å². The summed E-state index contributed by atoms with van der Waals surface area (Å²) in [7, 11) is 0. The number of rotatable bonds is 5. The van der Waals surface area contributed by atoms with Crippen molar-refractivity contribution in [3.05, 3.63) is 60.2 Å². The summed E-state index contributed by atoms with van der Waals surface area (Å²) in [5, 5.41) is 5.66. The molecular formula is C18H21FN4O2. The molecule has 0 bridgehead atoms. The first kappa shape index (κ1) is 17.3. The number of nitrogens with zero attached hydrogens (tertiary/aromatic N) is 2. The molecule has 132 valence electrons. The van der Waals surface area contributed by atoms with E-state index in [2.05, 4.69) is 20.5 Å². The highest BCUT2D eigenvalue weighted by Gasteiger charge is 2.23. The van der Waals surface area contributed by atoms with Crippen molar-refractivity contribution in [2.45, 2.75) is 6.04 Å². The highest BCUT2D eigenvalue weighted by atomic mass is 19.1. The van der Waals surface area contributed by atoms with Crippen LogP contribution in [0.1, 0.15) is 11.6 Å². The average molecular weight is 344 g/mol. The van der Waals surface area contributed by atoms with Gasteiger partial charge in [-0.05, 0) is 29.8 Å². The van der Waals surface area contributed by atoms with Crippen LogP contribution in [0.15, 0.2) is 48.8 Å². The predicted octanol–water partition coefficient (Wildman–Crippen LogP) is 2.42. The fraction of sp³-hybridized carbons (Fsp3) is 0.333. The second-order valence-corrected chi connectivity index (χ2v) is 5.79. The van der Waals surface area contributed by atoms with Crippen LogP contribution in [-0.4, -0.2) is 48.8 Å². The van der Waals surface area contributed by atoms with E-state index in [0.717, 1.165) is 18.7 Å². The van der Waals surface area contributed by atoms with Gasteiger partial charge in [-0.15, -0.1) is 0 Å². The maximum absolute atomic E-state index is 13.2. The standard InChI is InChI=1S/C18H21FN4O2/c19-15-3-1-14(2-4-15)17(23-9-11-25-12-10-23)13-21-18(24)22-16-5-7-20-8-6-16/h1-8,17H,9-13H2,(H2,20,21,22,24). The quantitative estimate of drug-likeness (QED) is 0.874. The van der Waals surface area contributed by atoms with Gasteiger partial charge in [0.1, 0.15) is 5.82 Å². The molecule has 1 aromatic heterocycles. The van der Waals surface area contributed by atoms with Crippen molar-refractivity contribution in [3.8, 4) is 0 Å². The molecule has 0 saturated carbocycles. The summed E-state index contributed by atoms with van der Waals surface area (Å²) in [5.41, 5.74) is 1.64. The van der Waals surface area contributed by atoms with E-state index in [1.165, 1.54) is 12.1 Å². The normalized spacial score (nSPS) is 16.2. The smallest absolute Gasteiger partial charge is 0.319 e. The number of pyridine rings is 1. The number of urea groups is 1. The molecular weight excluding hydrogens is 323 g/mol. The highest BCUT2D eigenvalue weighted by Crippen LogP contribution is 2.21. The molecule has 1 saturated heterocycles. The zero-order chi connectivity index (χ0) is 17.5. The minimum atomic E-state index is -0.286. The molecule has 2 aromatic rings. The number of amides is 2. The number of hydrogen-bond donors (Lipinski definition) is 2. The van der Waals surface area contributed by atoms with E-state index in [9.17, 15) is 9.18 Å². The second kappa shape index (κ2) is 8.55. The molecule has 2 amide bonds. The number of anilines is 1. The van der Waals surface area contributed by atoms with Crippen LogP contribution >= 0.6 is 0 Å². The number of morpholine rings is 1. The van der Waals surface area contributed by atoms with Crippen LogP contribution in [0.3, 0.4) is 0 Å². The van der Waals surface area contributed by atoms with Gasteiger partial charge >= 0.3 is 6.03 Å². The lowest BCUT2D eigenvalue weighted by atomic mass is 10.0. The Morgan fingerprint density at radius 2 is 1.84 bits per heavy atom. The monoisotopic (exact) mass is 344 g/mol. The van der Waals surface area contributed by atoms with Gasteiger partial charge < -0.3 is 15.4 Å². The first-order chi connectivity index (χ1) is 12.2. The molecule has 0 radical (unpaired) electrons. The molecule has 6 nitrogen and oxygen atoms in total. The summed E-state index contributed by atoms with van der Waals surface area (Å²) < 4.78 is 18.6. The van der Waals surface area contributed by atoms with Crippen molar-refractivity contribution in [3.63, 3.8) is 0 Å². The minimum Gasteiger partial charge on any atom is -0.379 e. The van der Waals surface area contributed by atoms with Crippen molar-refractivity contribution in [1.29, 1.82) is 0 Å². The Morgan fingerprint density at radius 3 is 2.52 bits per heavy atom. The summed E-state index contributed by atoms with van der Waals surface area (Å²) in [6.45, 7) is 3.27. The Bertz CT molecular complexity index is 675. The van der Waals surface area contributed by atoms with Crippen molar-refractivity contribution in [2.75, 3.05) is 38.2 Å². The lowest BCUT2D eigenvalue weighted by molar-refractivity contribution is 0.0167. The third kappa shape index (κ3) is 4.98. The Labute approximate surface area is 146 Å². The summed E-state index contributed by atoms with van der Waals surface area (Å²) in [5.74, 6) is -0.270. The Hall–Kier alpha value is -2.51. The Morgan fingerprint density at radius 1 is 1.16 bits per heavy atom. The number of nitrogens with one attached hydrogen (secondary N) is 2. The van der Waals surface area contributed by atoms with Gasteiger partial charge in [0, 0.05) is 37.7 Å². The van der Waals surface area contributed by atoms with Crippen LogP contribution in [0.2, 0.25) is 0 Å². The van der Waals surface area contributed by atoms with E-state index >= 15 is 0 Å². The highest BCUT2D eigenvalue weighted by molar-refractivity contribution is 5.89. The molecule has 2 N–H and O–H groups in total. The van der Waals surface area contributed by atoms with Crippen molar-refractivity contribution < 1.29 is 13.9 Å². The van der Waals surface area contributed by atoms with Gasteiger partial charge in [-0.1, -0.05) is 12.1 Å². The first-order valence-corrected chi connectivity index (χ1v) is 8.24. The summed E-state index contributed by atoms with van der Waals surface area (Å²) >= 11 is 0. The number of aromatic nitrogens is 1. The number of carbonyl (C=O) groups excluding carboxylic acids is 1. The molecule has 1 fully saturated rings. The van der Waals surface area contributed by atoms with E-state index < -0.39 is 0 Å². The molecule has 0 spiro atoms. The SMILES string of the molecule is O=C(NCC(c1ccc(F)cc1)N1CCOCC1)Nc1ccncc1. The number of ether oxygens (including phenoxy) is 1. The molecule has 1 unspecified atom stereocenters. The molecule has 1 aliphatic heterocycles. The zero-order valence-electron chi connectivity index (χ0n) is 13.8. The van der Waals surface area contributed by atoms with Crippen molar-refractivity contribution >= 4 is 11.7 Å². The molecule has 1 atom stereocenters. The van der Waals surface area contributed by atoms with Gasteiger partial charge in [-0.3, -0.25) is 9.88 Å². The fourth-order valence-corrected chi connectivity index (χ4v) is 2.83. The van der Waals surface area contributed by atoms with Crippen LogP contribution in [0, 0.1) is 5.82 Å². The van der Waals surface area contributed by atoms with Gasteiger partial charge in [0.25, 0.3) is 0 Å². The second-order valence-electron chi connectivity index (χ2n) is 5.79. The minimum absolute atomic E-state index is 0.0345. The topological polar surface area (TPSA) is 66.5 Å². The molecule has 0 aliphatic carbocycles. The van der Waals surface area contributed by atoms with E-state index in [-0.39, 0.29) is 17.9 Å². The third-order valence-electron chi connectivity index (χ3n) is 4.14. The summed E-state index contributed by atoms with van der Waals surface area (Å²) in [4.78, 5) is 18.3. The Kier molecular flexibility index (Phi) is 5.92. The van der Waals surface area contributed by atoms with E-state index in [1.54, 1.807) is 36.7 Å². The van der Waals surface area contributed by atoms with Crippen LogP contribution in [0.4, 0.5) is 14.9 Å². The maximum atomic E-state index is 13.2. The van der Waals surface area contributed by atoms with E-state index in [0.29, 0.717) is 25.4 Å². The van der Waals surface area contributed by atoms with Crippen LogP contribution in [-0.2, 0) is 4.74 Å². The summed E-state index contributed by atoms with van der Waals surface area (Å²) in [6.07, 6.45) is 3.23. The van der Waals surface area contributed by atoms with Crippen LogP contribution in [0.25, 0.3) is 0 Å². The van der Waals surface area contributed by atoms with Gasteiger partial charge in [-0.25, -0.2) is 9.18 Å². The maximum Gasteiger partial charge on any atom is 0.319 e. The largest absolute Gasteiger partial charge is 0.379 e. The lowest BCUT2D eigenvalue weighted by Gasteiger charge is -2.34. The van der Waals surface area contributed by atoms with Gasteiger partial charge in [-0.2, -0.15) is 0 Å². The van der Waals surface area contributed by atoms with Crippen molar-refractivity contribution in [2.24, 2.45) is 0 Å². The fourth-order valence-electron chi connectivity index (χ4n) is 2.83. The number of hydrogen-bond acceptors (Lipinski definition) is 4. The van der Waals surface area contributed by atoms with Crippen LogP contribution in [0.5, 0.6) is 0 Å². The van der Waals surface area contributed by atoms with Gasteiger partial charge in [0.05, 0.1) is 19.3 Å². The van der Waals surface area contributed by atoms with Crippen molar-refractivity contribution in [1.82, 2.24) is 15.2 Å². The van der Waals surface area contributed by atoms with E-state index in [1.807, 2.05) is 0 Å². The van der Waals surface area contributed by atoms with Gasteiger partial charge in [0.2, 0.25) is 0 Å². The lowest BCUT2D eigenvalue weighted by Crippen LogP contribution is -2.44. The predicted molar refractivity (Wildman–Crippen MR) is 92.8 cm³/mol. The molecule has 7 heteroatoms. The number of benzene rings is 1. The van der Waals surface area contributed by atoms with E-state index in [4.69, 9.17) is 4.74 Å². The summed E-state index contributed by atoms with van der Waals surface area (Å²) in [6, 6.07) is 9.53. The number of halogens is 1. The molecule has 1 aliphatic rings. The Balaban J connectivity index is 1.64. The average Bonchev–Trinajstić information content (AvgIpc) is 2.65. The number of carbonyl (C=O) groups is 1. The zero-order valence-corrected chi connectivity index (χ0v) is 13.8. The molecule has 3 rings (SSSR count). The molecule has 1 aromatic carbocycles. The van der Waals surface area contributed by atoms with Gasteiger partial charge in [0.15, 0.2) is 0 Å². The molecule has 25 heavy (non-hydrogen) atoms. The molecule has 2 heterocycles. The third-order valence-corrected chi connectivity index (χ3v) is 4.14.